The summed E-state index contributed by atoms with van der Waals surface area (Å²) in [6.07, 6.45) is 0.294. The molecule has 0 amide bonds. The molecule has 0 aliphatic heterocycles. The number of tetrazole rings is 1. The van der Waals surface area contributed by atoms with Crippen molar-refractivity contribution in [2.75, 3.05) is 7.11 Å². The molecule has 2 atom stereocenters. The van der Waals surface area contributed by atoms with E-state index in [1.165, 1.54) is 4.68 Å². The highest BCUT2D eigenvalue weighted by atomic mass is 16.5. The summed E-state index contributed by atoms with van der Waals surface area (Å²) in [5.74, 6) is -0.810. The molecular formula is C12H22N4O3. The van der Waals surface area contributed by atoms with Crippen molar-refractivity contribution in [1.29, 1.82) is 0 Å². The summed E-state index contributed by atoms with van der Waals surface area (Å²) in [7, 11) is 1.56. The van der Waals surface area contributed by atoms with Crippen molar-refractivity contribution in [1.82, 2.24) is 20.2 Å². The molecule has 1 N–H and O–H groups in total. The minimum atomic E-state index is -0.832. The Bertz CT molecular complexity index is 425. The first-order valence-electron chi connectivity index (χ1n) is 6.26. The van der Waals surface area contributed by atoms with Crippen LogP contribution in [0.4, 0.5) is 0 Å². The highest BCUT2D eigenvalue weighted by molar-refractivity contribution is 5.69. The molecule has 1 aromatic rings. The minimum absolute atomic E-state index is 0.0654. The molecule has 0 spiro atoms. The maximum absolute atomic E-state index is 11.3. The van der Waals surface area contributed by atoms with E-state index in [1.807, 2.05) is 27.7 Å². The number of ether oxygens (including phenoxy) is 1. The summed E-state index contributed by atoms with van der Waals surface area (Å²) in [6.45, 7) is 8.12. The van der Waals surface area contributed by atoms with Gasteiger partial charge in [-0.1, -0.05) is 20.8 Å². The Balaban J connectivity index is 2.86. The molecule has 1 rings (SSSR count). The first kappa shape index (κ1) is 15.6. The number of hydrogen-bond donors (Lipinski definition) is 1. The third-order valence-electron chi connectivity index (χ3n) is 2.88. The van der Waals surface area contributed by atoms with Crippen molar-refractivity contribution in [3.05, 3.63) is 5.82 Å². The van der Waals surface area contributed by atoms with Crippen LogP contribution in [0, 0.1) is 11.3 Å². The van der Waals surface area contributed by atoms with Crippen LogP contribution in [0.15, 0.2) is 0 Å². The Hall–Kier alpha value is -1.50. The van der Waals surface area contributed by atoms with Gasteiger partial charge in [0.1, 0.15) is 6.10 Å². The number of carboxylic acids is 1. The average Bonchev–Trinajstić information content (AvgIpc) is 2.73. The van der Waals surface area contributed by atoms with E-state index >= 15 is 0 Å². The number of carbonyl (C=O) groups is 1. The number of nitrogens with zero attached hydrogens (tertiary/aromatic N) is 4. The zero-order chi connectivity index (χ0) is 14.6. The standard InChI is InChI=1S/C12H22N4O3/c1-8(19-5)10-13-14-15-16(10)7-9(11(17)18)6-12(2,3)4/h8-9H,6-7H2,1-5H3,(H,17,18). The van der Waals surface area contributed by atoms with Gasteiger partial charge in [0.2, 0.25) is 0 Å². The van der Waals surface area contributed by atoms with Crippen LogP contribution in [0.5, 0.6) is 0 Å². The van der Waals surface area contributed by atoms with Crippen molar-refractivity contribution in [2.24, 2.45) is 11.3 Å². The summed E-state index contributed by atoms with van der Waals surface area (Å²) in [4.78, 5) is 11.3. The molecule has 7 nitrogen and oxygen atoms in total. The van der Waals surface area contributed by atoms with Gasteiger partial charge in [-0.3, -0.25) is 4.79 Å². The van der Waals surface area contributed by atoms with Crippen LogP contribution in [-0.4, -0.2) is 38.4 Å². The van der Waals surface area contributed by atoms with E-state index in [1.54, 1.807) is 7.11 Å². The molecular weight excluding hydrogens is 248 g/mol. The summed E-state index contributed by atoms with van der Waals surface area (Å²) in [5.41, 5.74) is -0.0654. The second-order valence-electron chi connectivity index (χ2n) is 5.90. The molecule has 1 aromatic heterocycles. The molecule has 108 valence electrons. The van der Waals surface area contributed by atoms with E-state index in [0.29, 0.717) is 12.2 Å². The van der Waals surface area contributed by atoms with Gasteiger partial charge in [-0.25, -0.2) is 4.68 Å². The monoisotopic (exact) mass is 270 g/mol. The lowest BCUT2D eigenvalue weighted by Gasteiger charge is -2.23. The summed E-state index contributed by atoms with van der Waals surface area (Å²) in [5, 5.41) is 20.6. The van der Waals surface area contributed by atoms with E-state index in [0.717, 1.165) is 0 Å². The molecule has 0 radical (unpaired) electrons. The number of aliphatic carboxylic acids is 1. The van der Waals surface area contributed by atoms with E-state index in [4.69, 9.17) is 4.74 Å². The van der Waals surface area contributed by atoms with Crippen LogP contribution < -0.4 is 0 Å². The Kier molecular flexibility index (Phi) is 4.99. The van der Waals surface area contributed by atoms with Gasteiger partial charge >= 0.3 is 5.97 Å². The normalized spacial score (nSPS) is 15.2. The van der Waals surface area contributed by atoms with Crippen molar-refractivity contribution >= 4 is 5.97 Å². The molecule has 0 aliphatic rings. The lowest BCUT2D eigenvalue weighted by molar-refractivity contribution is -0.143. The highest BCUT2D eigenvalue weighted by Crippen LogP contribution is 2.26. The molecule has 0 fully saturated rings. The first-order chi connectivity index (χ1) is 8.74. The number of carboxylic acid groups (broad SMARTS) is 1. The first-order valence-corrected chi connectivity index (χ1v) is 6.26. The molecule has 0 saturated heterocycles. The molecule has 2 unspecified atom stereocenters. The minimum Gasteiger partial charge on any atom is -0.481 e. The molecule has 7 heteroatoms. The third kappa shape index (κ3) is 4.59. The van der Waals surface area contributed by atoms with Crippen LogP contribution in [-0.2, 0) is 16.1 Å². The van der Waals surface area contributed by atoms with Gasteiger partial charge in [0, 0.05) is 7.11 Å². The van der Waals surface area contributed by atoms with Crippen LogP contribution in [0.2, 0.25) is 0 Å². The fourth-order valence-electron chi connectivity index (χ4n) is 1.92. The third-order valence-corrected chi connectivity index (χ3v) is 2.88. The van der Waals surface area contributed by atoms with Gasteiger partial charge in [-0.05, 0) is 29.2 Å². The van der Waals surface area contributed by atoms with Crippen molar-refractivity contribution in [3.63, 3.8) is 0 Å². The van der Waals surface area contributed by atoms with Crippen LogP contribution in [0.25, 0.3) is 0 Å². The Morgan fingerprint density at radius 3 is 2.58 bits per heavy atom. The number of rotatable bonds is 6. The fourth-order valence-corrected chi connectivity index (χ4v) is 1.92. The molecule has 1 heterocycles. The van der Waals surface area contributed by atoms with Gasteiger partial charge in [0.05, 0.1) is 12.5 Å². The summed E-state index contributed by atoms with van der Waals surface area (Å²) < 4.78 is 6.68. The van der Waals surface area contributed by atoms with Crippen LogP contribution in [0.3, 0.4) is 0 Å². The van der Waals surface area contributed by atoms with Crippen molar-refractivity contribution < 1.29 is 14.6 Å². The summed E-state index contributed by atoms with van der Waals surface area (Å²) in [6, 6.07) is 0. The molecule has 0 bridgehead atoms. The SMILES string of the molecule is COC(C)c1nnnn1CC(CC(C)(C)C)C(=O)O. The Morgan fingerprint density at radius 2 is 2.11 bits per heavy atom. The Labute approximate surface area is 112 Å². The summed E-state index contributed by atoms with van der Waals surface area (Å²) >= 11 is 0. The Morgan fingerprint density at radius 1 is 1.47 bits per heavy atom. The lowest BCUT2D eigenvalue weighted by atomic mass is 9.84. The molecule has 0 saturated carbocycles. The largest absolute Gasteiger partial charge is 0.481 e. The van der Waals surface area contributed by atoms with E-state index in [-0.39, 0.29) is 18.1 Å². The lowest BCUT2D eigenvalue weighted by Crippen LogP contribution is -2.27. The van der Waals surface area contributed by atoms with Crippen LogP contribution in [0.1, 0.15) is 46.0 Å². The predicted molar refractivity (Wildman–Crippen MR) is 68.4 cm³/mol. The van der Waals surface area contributed by atoms with Gasteiger partial charge in [-0.2, -0.15) is 0 Å². The maximum Gasteiger partial charge on any atom is 0.308 e. The second-order valence-corrected chi connectivity index (χ2v) is 5.90. The van der Waals surface area contributed by atoms with Crippen molar-refractivity contribution in [3.8, 4) is 0 Å². The number of aromatic nitrogens is 4. The van der Waals surface area contributed by atoms with E-state index in [2.05, 4.69) is 15.5 Å². The van der Waals surface area contributed by atoms with E-state index in [9.17, 15) is 9.90 Å². The molecule has 19 heavy (non-hydrogen) atoms. The van der Waals surface area contributed by atoms with Crippen LogP contribution >= 0.6 is 0 Å². The number of methoxy groups -OCH3 is 1. The second kappa shape index (κ2) is 6.10. The maximum atomic E-state index is 11.3. The molecule has 0 aliphatic carbocycles. The van der Waals surface area contributed by atoms with Gasteiger partial charge < -0.3 is 9.84 Å². The highest BCUT2D eigenvalue weighted by Gasteiger charge is 2.27. The quantitative estimate of drug-likeness (QED) is 0.842. The smallest absolute Gasteiger partial charge is 0.308 e. The fraction of sp³-hybridized carbons (Fsp3) is 0.833. The van der Waals surface area contributed by atoms with Gasteiger partial charge in [-0.15, -0.1) is 5.10 Å². The van der Waals surface area contributed by atoms with Gasteiger partial charge in [0.15, 0.2) is 5.82 Å². The topological polar surface area (TPSA) is 90.1 Å². The predicted octanol–water partition coefficient (Wildman–Crippen LogP) is 1.52. The van der Waals surface area contributed by atoms with Gasteiger partial charge in [0.25, 0.3) is 0 Å². The zero-order valence-corrected chi connectivity index (χ0v) is 12.1. The van der Waals surface area contributed by atoms with Crippen molar-refractivity contribution in [2.45, 2.75) is 46.8 Å². The average molecular weight is 270 g/mol. The van der Waals surface area contributed by atoms with E-state index < -0.39 is 11.9 Å². The molecule has 0 aromatic carbocycles. The number of hydrogen-bond acceptors (Lipinski definition) is 5. The zero-order valence-electron chi connectivity index (χ0n) is 12.1.